The van der Waals surface area contributed by atoms with Crippen LogP contribution in [0.25, 0.3) is 6.08 Å². The Balaban J connectivity index is 0.00000361. The molecule has 0 aliphatic carbocycles. The van der Waals surface area contributed by atoms with Crippen molar-refractivity contribution in [1.29, 1.82) is 0 Å². The predicted octanol–water partition coefficient (Wildman–Crippen LogP) is 5.08. The van der Waals surface area contributed by atoms with Gasteiger partial charge in [-0.1, -0.05) is 60.7 Å². The second-order valence-electron chi connectivity index (χ2n) is 8.34. The second kappa shape index (κ2) is 13.0. The lowest BCUT2D eigenvalue weighted by Crippen LogP contribution is -2.49. The summed E-state index contributed by atoms with van der Waals surface area (Å²) in [6, 6.07) is 24.9. The number of benzene rings is 3. The van der Waals surface area contributed by atoms with Crippen molar-refractivity contribution in [2.24, 2.45) is 0 Å². The maximum absolute atomic E-state index is 13.0. The monoisotopic (exact) mass is 508 g/mol. The molecule has 0 N–H and O–H groups in total. The third-order valence-corrected chi connectivity index (χ3v) is 6.36. The summed E-state index contributed by atoms with van der Waals surface area (Å²) in [4.78, 5) is 17.3. The van der Waals surface area contributed by atoms with E-state index in [-0.39, 0.29) is 24.4 Å². The lowest BCUT2D eigenvalue weighted by atomic mass is 9.96. The van der Waals surface area contributed by atoms with Crippen LogP contribution in [0.2, 0.25) is 0 Å². The minimum Gasteiger partial charge on any atom is -0.493 e. The number of carbonyl (C=O) groups is 1. The highest BCUT2D eigenvalue weighted by atomic mass is 35.5. The van der Waals surface area contributed by atoms with E-state index in [0.717, 1.165) is 18.7 Å². The van der Waals surface area contributed by atoms with E-state index >= 15 is 0 Å². The molecule has 4 rings (SSSR count). The summed E-state index contributed by atoms with van der Waals surface area (Å²) in [7, 11) is 4.72. The summed E-state index contributed by atoms with van der Waals surface area (Å²) < 4.78 is 16.3. The third-order valence-electron chi connectivity index (χ3n) is 6.36. The number of methoxy groups -OCH3 is 3. The molecule has 0 aromatic heterocycles. The van der Waals surface area contributed by atoms with E-state index in [1.807, 2.05) is 23.1 Å². The van der Waals surface area contributed by atoms with Crippen molar-refractivity contribution < 1.29 is 19.0 Å². The molecular weight excluding hydrogens is 476 g/mol. The van der Waals surface area contributed by atoms with E-state index in [1.165, 1.54) is 11.1 Å². The van der Waals surface area contributed by atoms with Crippen LogP contribution in [-0.4, -0.2) is 63.2 Å². The van der Waals surface area contributed by atoms with Crippen LogP contribution in [0.15, 0.2) is 78.9 Å². The molecule has 0 bridgehead atoms. The van der Waals surface area contributed by atoms with E-state index < -0.39 is 0 Å². The van der Waals surface area contributed by atoms with Crippen molar-refractivity contribution >= 4 is 24.4 Å². The van der Waals surface area contributed by atoms with E-state index in [0.29, 0.717) is 30.3 Å². The average molecular weight is 509 g/mol. The Hall–Kier alpha value is -3.48. The standard InChI is InChI=1S/C29H32N2O4.ClH/c1-33-25-16-14-24(28(34-2)29(25)35-3)15-17-26(32)30-18-20-31(21-19-30)27(22-10-6-4-7-11-22)23-12-8-5-9-13-23;/h4-17,27H,18-21H2,1-3H3;1H. The third kappa shape index (κ3) is 6.01. The van der Waals surface area contributed by atoms with Crippen LogP contribution in [0, 0.1) is 0 Å². The largest absolute Gasteiger partial charge is 0.493 e. The van der Waals surface area contributed by atoms with E-state index in [2.05, 4.69) is 53.4 Å². The highest BCUT2D eigenvalue weighted by Gasteiger charge is 2.27. The summed E-state index contributed by atoms with van der Waals surface area (Å²) in [5, 5.41) is 0. The molecule has 7 heteroatoms. The highest BCUT2D eigenvalue weighted by molar-refractivity contribution is 5.92. The van der Waals surface area contributed by atoms with Gasteiger partial charge in [-0.15, -0.1) is 12.4 Å². The lowest BCUT2D eigenvalue weighted by molar-refractivity contribution is -0.127. The summed E-state index contributed by atoms with van der Waals surface area (Å²) in [5.41, 5.74) is 3.28. The average Bonchev–Trinajstić information content (AvgIpc) is 2.92. The van der Waals surface area contributed by atoms with Crippen molar-refractivity contribution in [2.45, 2.75) is 6.04 Å². The Morgan fingerprint density at radius 1 is 0.750 bits per heavy atom. The van der Waals surface area contributed by atoms with E-state index in [1.54, 1.807) is 39.5 Å². The number of nitrogens with zero attached hydrogens (tertiary/aromatic N) is 2. The van der Waals surface area contributed by atoms with Gasteiger partial charge in [0.15, 0.2) is 11.5 Å². The van der Waals surface area contributed by atoms with Crippen LogP contribution < -0.4 is 14.2 Å². The molecule has 6 nitrogen and oxygen atoms in total. The topological polar surface area (TPSA) is 51.2 Å². The molecule has 0 radical (unpaired) electrons. The molecule has 3 aromatic carbocycles. The first kappa shape index (κ1) is 27.1. The Morgan fingerprint density at radius 3 is 1.81 bits per heavy atom. The fourth-order valence-corrected chi connectivity index (χ4v) is 4.61. The van der Waals surface area contributed by atoms with E-state index in [4.69, 9.17) is 14.2 Å². The summed E-state index contributed by atoms with van der Waals surface area (Å²) in [6.45, 7) is 2.94. The molecule has 3 aromatic rings. The smallest absolute Gasteiger partial charge is 0.246 e. The Morgan fingerprint density at radius 2 is 1.31 bits per heavy atom. The number of rotatable bonds is 8. The Kier molecular flexibility index (Phi) is 9.79. The summed E-state index contributed by atoms with van der Waals surface area (Å²) in [6.07, 6.45) is 3.37. The number of carbonyl (C=O) groups excluding carboxylic acids is 1. The molecule has 0 unspecified atom stereocenters. The quantitative estimate of drug-likeness (QED) is 0.397. The van der Waals surface area contributed by atoms with E-state index in [9.17, 15) is 4.79 Å². The highest BCUT2D eigenvalue weighted by Crippen LogP contribution is 2.40. The Labute approximate surface area is 219 Å². The Bertz CT molecular complexity index is 1110. The predicted molar refractivity (Wildman–Crippen MR) is 145 cm³/mol. The zero-order valence-corrected chi connectivity index (χ0v) is 21.7. The van der Waals surface area contributed by atoms with Crippen LogP contribution in [0.5, 0.6) is 17.2 Å². The van der Waals surface area contributed by atoms with Gasteiger partial charge in [0.2, 0.25) is 11.7 Å². The number of hydrogen-bond donors (Lipinski definition) is 0. The van der Waals surface area contributed by atoms with Crippen LogP contribution in [-0.2, 0) is 4.79 Å². The fraction of sp³-hybridized carbons (Fsp3) is 0.276. The number of hydrogen-bond acceptors (Lipinski definition) is 5. The molecule has 1 saturated heterocycles. The first-order valence-electron chi connectivity index (χ1n) is 11.8. The van der Waals surface area contributed by atoms with Crippen molar-refractivity contribution in [1.82, 2.24) is 9.80 Å². The number of piperazine rings is 1. The minimum absolute atomic E-state index is 0. The fourth-order valence-electron chi connectivity index (χ4n) is 4.61. The molecular formula is C29H33ClN2O4. The molecule has 1 aliphatic heterocycles. The first-order chi connectivity index (χ1) is 17.2. The van der Waals surface area contributed by atoms with Gasteiger partial charge in [-0.3, -0.25) is 9.69 Å². The van der Waals surface area contributed by atoms with Gasteiger partial charge in [0.05, 0.1) is 27.4 Å². The van der Waals surface area contributed by atoms with Gasteiger partial charge in [0, 0.05) is 37.8 Å². The van der Waals surface area contributed by atoms with Gasteiger partial charge in [-0.05, 0) is 29.3 Å². The molecule has 0 atom stereocenters. The molecule has 0 spiro atoms. The second-order valence-corrected chi connectivity index (χ2v) is 8.34. The molecule has 190 valence electrons. The molecule has 1 heterocycles. The van der Waals surface area contributed by atoms with Crippen molar-refractivity contribution in [3.63, 3.8) is 0 Å². The minimum atomic E-state index is -0.0162. The van der Waals surface area contributed by atoms with Crippen LogP contribution >= 0.6 is 12.4 Å². The van der Waals surface area contributed by atoms with Gasteiger partial charge in [0.25, 0.3) is 0 Å². The molecule has 36 heavy (non-hydrogen) atoms. The normalized spacial score (nSPS) is 13.9. The van der Waals surface area contributed by atoms with Crippen LogP contribution in [0.3, 0.4) is 0 Å². The first-order valence-corrected chi connectivity index (χ1v) is 11.8. The zero-order chi connectivity index (χ0) is 24.6. The molecule has 1 amide bonds. The van der Waals surface area contributed by atoms with Crippen LogP contribution in [0.1, 0.15) is 22.7 Å². The maximum atomic E-state index is 13.0. The number of ether oxygens (including phenoxy) is 3. The van der Waals surface area contributed by atoms with Gasteiger partial charge >= 0.3 is 0 Å². The van der Waals surface area contributed by atoms with Gasteiger partial charge in [-0.25, -0.2) is 0 Å². The van der Waals surface area contributed by atoms with Gasteiger partial charge in [-0.2, -0.15) is 0 Å². The summed E-state index contributed by atoms with van der Waals surface area (Å²) in [5.74, 6) is 1.60. The lowest BCUT2D eigenvalue weighted by Gasteiger charge is -2.39. The van der Waals surface area contributed by atoms with Crippen molar-refractivity contribution in [3.05, 3.63) is 95.6 Å². The zero-order valence-electron chi connectivity index (χ0n) is 20.9. The SMILES string of the molecule is COc1ccc(C=CC(=O)N2CCN(C(c3ccccc3)c3ccccc3)CC2)c(OC)c1OC.Cl. The molecule has 1 aliphatic rings. The maximum Gasteiger partial charge on any atom is 0.246 e. The number of amides is 1. The molecule has 0 saturated carbocycles. The van der Waals surface area contributed by atoms with Crippen LogP contribution in [0.4, 0.5) is 0 Å². The molecule has 1 fully saturated rings. The summed E-state index contributed by atoms with van der Waals surface area (Å²) >= 11 is 0. The number of halogens is 1. The van der Waals surface area contributed by atoms with Crippen molar-refractivity contribution in [2.75, 3.05) is 47.5 Å². The van der Waals surface area contributed by atoms with Gasteiger partial charge in [0.1, 0.15) is 0 Å². The van der Waals surface area contributed by atoms with Gasteiger partial charge < -0.3 is 19.1 Å². The van der Waals surface area contributed by atoms with Crippen molar-refractivity contribution in [3.8, 4) is 17.2 Å².